The van der Waals surface area contributed by atoms with E-state index in [1.54, 1.807) is 0 Å². The van der Waals surface area contributed by atoms with Gasteiger partial charge in [0.15, 0.2) is 0 Å². The first kappa shape index (κ1) is 13.7. The number of rotatable bonds is 1. The van der Waals surface area contributed by atoms with E-state index in [2.05, 4.69) is 54.0 Å². The van der Waals surface area contributed by atoms with E-state index in [4.69, 9.17) is 10.5 Å². The van der Waals surface area contributed by atoms with E-state index < -0.39 is 0 Å². The Bertz CT molecular complexity index is 655. The van der Waals surface area contributed by atoms with Crippen molar-refractivity contribution in [2.45, 2.75) is 31.9 Å². The van der Waals surface area contributed by atoms with Gasteiger partial charge in [-0.2, -0.15) is 0 Å². The van der Waals surface area contributed by atoms with E-state index in [1.807, 2.05) is 18.2 Å². The van der Waals surface area contributed by atoms with Crippen LogP contribution in [0.5, 0.6) is 5.75 Å². The highest BCUT2D eigenvalue weighted by atomic mass is 79.9. The number of halogens is 1. The maximum atomic E-state index is 6.35. The van der Waals surface area contributed by atoms with E-state index in [0.717, 1.165) is 22.2 Å². The van der Waals surface area contributed by atoms with Crippen molar-refractivity contribution < 1.29 is 4.74 Å². The minimum Gasteiger partial charge on any atom is -0.482 e. The molecule has 2 atom stereocenters. The van der Waals surface area contributed by atoms with Gasteiger partial charge in [-0.15, -0.1) is 0 Å². The Morgan fingerprint density at radius 1 is 1.25 bits per heavy atom. The molecule has 0 spiro atoms. The molecular formula is C17H18BrNO. The standard InChI is InChI=1S/C17H18BrNO/c1-11-4-3-5-12(8-11)17(2)10-15(19)14-7-6-13(18)9-16(14)20-17/h3-9,15H,10,19H2,1-2H3. The smallest absolute Gasteiger partial charge is 0.133 e. The summed E-state index contributed by atoms with van der Waals surface area (Å²) >= 11 is 3.49. The van der Waals surface area contributed by atoms with E-state index in [9.17, 15) is 0 Å². The molecule has 2 N–H and O–H groups in total. The number of ether oxygens (including phenoxy) is 1. The molecule has 0 fully saturated rings. The van der Waals surface area contributed by atoms with Crippen molar-refractivity contribution in [1.82, 2.24) is 0 Å². The van der Waals surface area contributed by atoms with E-state index >= 15 is 0 Å². The fourth-order valence-electron chi connectivity index (χ4n) is 2.87. The summed E-state index contributed by atoms with van der Waals surface area (Å²) in [6.07, 6.45) is 0.783. The summed E-state index contributed by atoms with van der Waals surface area (Å²) in [7, 11) is 0. The van der Waals surface area contributed by atoms with Gasteiger partial charge in [0, 0.05) is 22.5 Å². The van der Waals surface area contributed by atoms with Crippen LogP contribution in [0.4, 0.5) is 0 Å². The SMILES string of the molecule is Cc1cccc(C2(C)CC(N)c3ccc(Br)cc3O2)c1. The largest absolute Gasteiger partial charge is 0.482 e. The Morgan fingerprint density at radius 3 is 2.80 bits per heavy atom. The number of aryl methyl sites for hydroxylation is 1. The second kappa shape index (κ2) is 4.90. The highest BCUT2D eigenvalue weighted by molar-refractivity contribution is 9.10. The number of hydrogen-bond donors (Lipinski definition) is 1. The zero-order valence-electron chi connectivity index (χ0n) is 11.7. The molecule has 20 heavy (non-hydrogen) atoms. The number of benzene rings is 2. The first-order valence-corrected chi connectivity index (χ1v) is 7.58. The molecule has 104 valence electrons. The van der Waals surface area contributed by atoms with Crippen LogP contribution in [-0.4, -0.2) is 0 Å². The predicted molar refractivity (Wildman–Crippen MR) is 84.8 cm³/mol. The maximum absolute atomic E-state index is 6.35. The van der Waals surface area contributed by atoms with Crippen LogP contribution in [0.15, 0.2) is 46.9 Å². The van der Waals surface area contributed by atoms with Gasteiger partial charge in [0.05, 0.1) is 0 Å². The molecule has 1 heterocycles. The zero-order valence-corrected chi connectivity index (χ0v) is 13.3. The van der Waals surface area contributed by atoms with Crippen LogP contribution in [0.1, 0.15) is 36.1 Å². The van der Waals surface area contributed by atoms with Crippen molar-refractivity contribution in [3.63, 3.8) is 0 Å². The van der Waals surface area contributed by atoms with Crippen molar-refractivity contribution in [3.05, 3.63) is 63.6 Å². The summed E-state index contributed by atoms with van der Waals surface area (Å²) < 4.78 is 7.31. The van der Waals surface area contributed by atoms with Crippen LogP contribution in [0.3, 0.4) is 0 Å². The Kier molecular flexibility index (Phi) is 3.35. The number of hydrogen-bond acceptors (Lipinski definition) is 2. The monoisotopic (exact) mass is 331 g/mol. The van der Waals surface area contributed by atoms with Crippen LogP contribution in [-0.2, 0) is 5.60 Å². The molecule has 0 saturated heterocycles. The van der Waals surface area contributed by atoms with Crippen molar-refractivity contribution in [3.8, 4) is 5.75 Å². The van der Waals surface area contributed by atoms with Crippen LogP contribution < -0.4 is 10.5 Å². The molecule has 0 amide bonds. The lowest BCUT2D eigenvalue weighted by Gasteiger charge is -2.39. The molecule has 0 saturated carbocycles. The average molecular weight is 332 g/mol. The molecular weight excluding hydrogens is 314 g/mol. The second-order valence-corrected chi connectivity index (χ2v) is 6.61. The van der Waals surface area contributed by atoms with Crippen molar-refractivity contribution in [2.24, 2.45) is 5.73 Å². The summed E-state index contributed by atoms with van der Waals surface area (Å²) in [6.45, 7) is 4.21. The van der Waals surface area contributed by atoms with Gasteiger partial charge in [0.1, 0.15) is 11.4 Å². The fourth-order valence-corrected chi connectivity index (χ4v) is 3.21. The molecule has 1 aliphatic rings. The minimum absolute atomic E-state index is 0.00244. The Morgan fingerprint density at radius 2 is 2.05 bits per heavy atom. The van der Waals surface area contributed by atoms with E-state index in [1.165, 1.54) is 11.1 Å². The zero-order chi connectivity index (χ0) is 14.3. The van der Waals surface area contributed by atoms with Gasteiger partial charge in [-0.3, -0.25) is 0 Å². The normalized spacial score (nSPS) is 24.9. The van der Waals surface area contributed by atoms with Crippen LogP contribution >= 0.6 is 15.9 Å². The lowest BCUT2D eigenvalue weighted by atomic mass is 9.83. The van der Waals surface area contributed by atoms with E-state index in [-0.39, 0.29) is 11.6 Å². The van der Waals surface area contributed by atoms with Crippen molar-refractivity contribution in [1.29, 1.82) is 0 Å². The second-order valence-electron chi connectivity index (χ2n) is 5.70. The van der Waals surface area contributed by atoms with Crippen molar-refractivity contribution >= 4 is 15.9 Å². The van der Waals surface area contributed by atoms with Gasteiger partial charge in [0.2, 0.25) is 0 Å². The Hall–Kier alpha value is -1.32. The minimum atomic E-state index is -0.376. The first-order chi connectivity index (χ1) is 9.48. The summed E-state index contributed by atoms with van der Waals surface area (Å²) in [6, 6.07) is 14.5. The molecule has 0 aromatic heterocycles. The van der Waals surface area contributed by atoms with E-state index in [0.29, 0.717) is 0 Å². The van der Waals surface area contributed by atoms with Crippen molar-refractivity contribution in [2.75, 3.05) is 0 Å². The van der Waals surface area contributed by atoms with Crippen LogP contribution in [0.25, 0.3) is 0 Å². The molecule has 2 aromatic carbocycles. The molecule has 2 unspecified atom stereocenters. The fraction of sp³-hybridized carbons (Fsp3) is 0.294. The van der Waals surface area contributed by atoms with Gasteiger partial charge in [-0.25, -0.2) is 0 Å². The third kappa shape index (κ3) is 2.36. The third-order valence-corrected chi connectivity index (χ3v) is 4.44. The Balaban J connectivity index is 2.05. The molecule has 3 rings (SSSR count). The first-order valence-electron chi connectivity index (χ1n) is 6.79. The summed E-state index contributed by atoms with van der Waals surface area (Å²) in [5.74, 6) is 0.877. The topological polar surface area (TPSA) is 35.2 Å². The van der Waals surface area contributed by atoms with Gasteiger partial charge >= 0.3 is 0 Å². The van der Waals surface area contributed by atoms with Gasteiger partial charge in [-0.1, -0.05) is 51.8 Å². The summed E-state index contributed by atoms with van der Waals surface area (Å²) in [4.78, 5) is 0. The highest BCUT2D eigenvalue weighted by Crippen LogP contribution is 2.44. The third-order valence-electron chi connectivity index (χ3n) is 3.95. The Labute approximate surface area is 128 Å². The van der Waals surface area contributed by atoms with Gasteiger partial charge in [-0.05, 0) is 31.5 Å². The van der Waals surface area contributed by atoms with Crippen LogP contribution in [0, 0.1) is 6.92 Å². The predicted octanol–water partition coefficient (Wildman–Crippen LogP) is 4.46. The quantitative estimate of drug-likeness (QED) is 0.837. The van der Waals surface area contributed by atoms with Crippen LogP contribution in [0.2, 0.25) is 0 Å². The average Bonchev–Trinajstić information content (AvgIpc) is 2.38. The lowest BCUT2D eigenvalue weighted by molar-refractivity contribution is 0.0510. The maximum Gasteiger partial charge on any atom is 0.133 e. The summed E-state index contributed by atoms with van der Waals surface area (Å²) in [5, 5.41) is 0. The van der Waals surface area contributed by atoms with Gasteiger partial charge in [0.25, 0.3) is 0 Å². The molecule has 2 aromatic rings. The summed E-state index contributed by atoms with van der Waals surface area (Å²) in [5.41, 5.74) is 9.47. The van der Waals surface area contributed by atoms with Gasteiger partial charge < -0.3 is 10.5 Å². The molecule has 0 radical (unpaired) electrons. The number of nitrogens with two attached hydrogens (primary N) is 1. The highest BCUT2D eigenvalue weighted by Gasteiger charge is 2.37. The molecule has 3 heteroatoms. The molecule has 1 aliphatic heterocycles. The lowest BCUT2D eigenvalue weighted by Crippen LogP contribution is -2.38. The molecule has 0 bridgehead atoms. The molecule has 2 nitrogen and oxygen atoms in total. The molecule has 0 aliphatic carbocycles. The number of fused-ring (bicyclic) bond motifs is 1.